The fourth-order valence-electron chi connectivity index (χ4n) is 3.25. The van der Waals surface area contributed by atoms with Gasteiger partial charge in [-0.2, -0.15) is 0 Å². The van der Waals surface area contributed by atoms with E-state index in [0.29, 0.717) is 24.9 Å². The van der Waals surface area contributed by atoms with Gasteiger partial charge < -0.3 is 11.1 Å². The van der Waals surface area contributed by atoms with E-state index in [4.69, 9.17) is 5.73 Å². The molecule has 1 aliphatic rings. The van der Waals surface area contributed by atoms with Crippen molar-refractivity contribution in [1.82, 2.24) is 9.88 Å². The Morgan fingerprint density at radius 3 is 2.44 bits per heavy atom. The highest BCUT2D eigenvalue weighted by Crippen LogP contribution is 2.31. The van der Waals surface area contributed by atoms with Crippen LogP contribution in [0.3, 0.4) is 0 Å². The SMILES string of the molecule is Cl.Cl.NC[C@@H]1CN(CC(=O)Nc2ccncc2)C[C@H]1c1ccccc1. The molecule has 0 radical (unpaired) electrons. The smallest absolute Gasteiger partial charge is 0.238 e. The summed E-state index contributed by atoms with van der Waals surface area (Å²) < 4.78 is 0. The van der Waals surface area contributed by atoms with E-state index in [0.717, 1.165) is 18.8 Å². The van der Waals surface area contributed by atoms with E-state index in [1.807, 2.05) is 6.07 Å². The highest BCUT2D eigenvalue weighted by molar-refractivity contribution is 5.92. The van der Waals surface area contributed by atoms with Gasteiger partial charge in [0.1, 0.15) is 0 Å². The molecule has 1 aromatic carbocycles. The maximum atomic E-state index is 12.2. The number of amides is 1. The van der Waals surface area contributed by atoms with Gasteiger partial charge in [-0.1, -0.05) is 30.3 Å². The number of carbonyl (C=O) groups is 1. The Morgan fingerprint density at radius 1 is 1.12 bits per heavy atom. The summed E-state index contributed by atoms with van der Waals surface area (Å²) in [5, 5.41) is 2.90. The zero-order valence-corrected chi connectivity index (χ0v) is 15.5. The Kier molecular flexibility index (Phi) is 8.86. The van der Waals surface area contributed by atoms with Crippen LogP contribution in [0.15, 0.2) is 54.9 Å². The third kappa shape index (κ3) is 5.68. The maximum absolute atomic E-state index is 12.2. The van der Waals surface area contributed by atoms with Gasteiger partial charge >= 0.3 is 0 Å². The van der Waals surface area contributed by atoms with Crippen molar-refractivity contribution < 1.29 is 4.79 Å². The lowest BCUT2D eigenvalue weighted by molar-refractivity contribution is -0.117. The highest BCUT2D eigenvalue weighted by Gasteiger charge is 2.33. The highest BCUT2D eigenvalue weighted by atomic mass is 35.5. The zero-order valence-electron chi connectivity index (χ0n) is 13.9. The number of carbonyl (C=O) groups excluding carboxylic acids is 1. The predicted molar refractivity (Wildman–Crippen MR) is 106 cm³/mol. The van der Waals surface area contributed by atoms with Crippen LogP contribution in [0, 0.1) is 5.92 Å². The molecule has 0 aliphatic carbocycles. The minimum Gasteiger partial charge on any atom is -0.330 e. The second-order valence-corrected chi connectivity index (χ2v) is 5.99. The molecule has 3 rings (SSSR count). The number of nitrogens with one attached hydrogen (secondary N) is 1. The first-order valence-electron chi connectivity index (χ1n) is 7.93. The number of aromatic nitrogens is 1. The minimum absolute atomic E-state index is 0. The molecule has 2 heterocycles. The van der Waals surface area contributed by atoms with Crippen molar-refractivity contribution in [2.45, 2.75) is 5.92 Å². The van der Waals surface area contributed by atoms with Crippen molar-refractivity contribution in [3.05, 3.63) is 60.4 Å². The summed E-state index contributed by atoms with van der Waals surface area (Å²) in [7, 11) is 0. The molecule has 1 aromatic heterocycles. The molecule has 0 bridgehead atoms. The lowest BCUT2D eigenvalue weighted by Crippen LogP contribution is -2.32. The van der Waals surface area contributed by atoms with Crippen LogP contribution in [0.4, 0.5) is 5.69 Å². The second-order valence-electron chi connectivity index (χ2n) is 5.99. The van der Waals surface area contributed by atoms with Gasteiger partial charge in [0.05, 0.1) is 6.54 Å². The number of rotatable bonds is 5. The van der Waals surface area contributed by atoms with Crippen molar-refractivity contribution in [3.8, 4) is 0 Å². The molecule has 7 heteroatoms. The number of nitrogens with two attached hydrogens (primary N) is 1. The fourth-order valence-corrected chi connectivity index (χ4v) is 3.25. The summed E-state index contributed by atoms with van der Waals surface area (Å²) in [4.78, 5) is 18.3. The van der Waals surface area contributed by atoms with Crippen LogP contribution >= 0.6 is 24.8 Å². The number of hydrogen-bond donors (Lipinski definition) is 2. The largest absolute Gasteiger partial charge is 0.330 e. The Balaban J connectivity index is 0.00000156. The molecule has 2 aromatic rings. The molecule has 0 spiro atoms. The Hall–Kier alpha value is -1.66. The van der Waals surface area contributed by atoms with Gasteiger partial charge in [0.2, 0.25) is 5.91 Å². The van der Waals surface area contributed by atoms with Gasteiger partial charge in [-0.25, -0.2) is 0 Å². The van der Waals surface area contributed by atoms with Crippen molar-refractivity contribution in [2.24, 2.45) is 11.7 Å². The topological polar surface area (TPSA) is 71.2 Å². The predicted octanol–water partition coefficient (Wildman–Crippen LogP) is 2.54. The molecular formula is C18H24Cl2N4O. The zero-order chi connectivity index (χ0) is 16.1. The summed E-state index contributed by atoms with van der Waals surface area (Å²) in [5.41, 5.74) is 8.03. The minimum atomic E-state index is 0. The van der Waals surface area contributed by atoms with Crippen molar-refractivity contribution in [1.29, 1.82) is 0 Å². The quantitative estimate of drug-likeness (QED) is 0.833. The van der Waals surface area contributed by atoms with Crippen LogP contribution in [-0.2, 0) is 4.79 Å². The molecule has 25 heavy (non-hydrogen) atoms. The first kappa shape index (κ1) is 21.4. The Bertz CT molecular complexity index is 642. The Labute approximate surface area is 160 Å². The fraction of sp³-hybridized carbons (Fsp3) is 0.333. The molecule has 1 amide bonds. The number of likely N-dealkylation sites (tertiary alicyclic amines) is 1. The second kappa shape index (κ2) is 10.4. The molecule has 0 saturated carbocycles. The van der Waals surface area contributed by atoms with Crippen LogP contribution in [0.1, 0.15) is 11.5 Å². The van der Waals surface area contributed by atoms with Crippen LogP contribution in [0.2, 0.25) is 0 Å². The normalized spacial score (nSPS) is 19.6. The van der Waals surface area contributed by atoms with E-state index >= 15 is 0 Å². The van der Waals surface area contributed by atoms with E-state index in [1.54, 1.807) is 24.5 Å². The van der Waals surface area contributed by atoms with Crippen LogP contribution in [0.5, 0.6) is 0 Å². The molecule has 136 valence electrons. The van der Waals surface area contributed by atoms with E-state index in [9.17, 15) is 4.79 Å². The van der Waals surface area contributed by atoms with Crippen molar-refractivity contribution in [3.63, 3.8) is 0 Å². The van der Waals surface area contributed by atoms with Crippen LogP contribution < -0.4 is 11.1 Å². The number of pyridine rings is 1. The van der Waals surface area contributed by atoms with Gasteiger partial charge in [-0.05, 0) is 30.2 Å². The lowest BCUT2D eigenvalue weighted by Gasteiger charge is -2.16. The van der Waals surface area contributed by atoms with E-state index in [2.05, 4.69) is 39.5 Å². The number of nitrogens with zero attached hydrogens (tertiary/aromatic N) is 2. The van der Waals surface area contributed by atoms with Gasteiger partial charge in [-0.15, -0.1) is 24.8 Å². The van der Waals surface area contributed by atoms with Gasteiger partial charge in [0, 0.05) is 37.1 Å². The first-order valence-corrected chi connectivity index (χ1v) is 7.93. The lowest BCUT2D eigenvalue weighted by atomic mass is 9.89. The van der Waals surface area contributed by atoms with E-state index < -0.39 is 0 Å². The number of halogens is 2. The van der Waals surface area contributed by atoms with E-state index in [-0.39, 0.29) is 30.7 Å². The molecule has 1 aliphatic heterocycles. The van der Waals surface area contributed by atoms with Crippen molar-refractivity contribution >= 4 is 36.4 Å². The molecule has 1 fully saturated rings. The molecule has 5 nitrogen and oxygen atoms in total. The van der Waals surface area contributed by atoms with Gasteiger partial charge in [0.15, 0.2) is 0 Å². The average molecular weight is 383 g/mol. The number of benzene rings is 1. The van der Waals surface area contributed by atoms with Gasteiger partial charge in [-0.3, -0.25) is 14.7 Å². The van der Waals surface area contributed by atoms with Crippen LogP contribution in [-0.4, -0.2) is 42.0 Å². The maximum Gasteiger partial charge on any atom is 0.238 e. The standard InChI is InChI=1S/C18H22N4O.2ClH/c19-10-15-11-22(12-17(15)14-4-2-1-3-5-14)13-18(23)21-16-6-8-20-9-7-16;;/h1-9,15,17H,10-13,19H2,(H,20,21,23);2*1H/t15-,17+;;/m1../s1. The third-order valence-electron chi connectivity index (χ3n) is 4.38. The van der Waals surface area contributed by atoms with E-state index in [1.165, 1.54) is 5.56 Å². The summed E-state index contributed by atoms with van der Waals surface area (Å²) >= 11 is 0. The molecular weight excluding hydrogens is 359 g/mol. The molecule has 3 N–H and O–H groups in total. The first-order chi connectivity index (χ1) is 11.3. The summed E-state index contributed by atoms with van der Waals surface area (Å²) in [6.07, 6.45) is 3.34. The molecule has 2 atom stereocenters. The number of anilines is 1. The summed E-state index contributed by atoms with van der Waals surface area (Å²) in [6.45, 7) is 2.76. The van der Waals surface area contributed by atoms with Gasteiger partial charge in [0.25, 0.3) is 0 Å². The van der Waals surface area contributed by atoms with Crippen molar-refractivity contribution in [2.75, 3.05) is 31.5 Å². The summed E-state index contributed by atoms with van der Waals surface area (Å²) in [6, 6.07) is 14.0. The molecule has 1 saturated heterocycles. The monoisotopic (exact) mass is 382 g/mol. The van der Waals surface area contributed by atoms with Crippen LogP contribution in [0.25, 0.3) is 0 Å². The number of hydrogen-bond acceptors (Lipinski definition) is 4. The Morgan fingerprint density at radius 2 is 1.80 bits per heavy atom. The molecule has 0 unspecified atom stereocenters. The average Bonchev–Trinajstić information content (AvgIpc) is 2.99. The third-order valence-corrected chi connectivity index (χ3v) is 4.38. The summed E-state index contributed by atoms with van der Waals surface area (Å²) in [5.74, 6) is 0.793.